The van der Waals surface area contributed by atoms with Crippen molar-refractivity contribution in [2.45, 2.75) is 25.2 Å². The van der Waals surface area contributed by atoms with Crippen molar-refractivity contribution in [3.63, 3.8) is 0 Å². The van der Waals surface area contributed by atoms with Crippen molar-refractivity contribution >= 4 is 35.0 Å². The smallest absolute Gasteiger partial charge is 0.255 e. The highest BCUT2D eigenvalue weighted by Gasteiger charge is 2.11. The average molecular weight is 372 g/mol. The first kappa shape index (κ1) is 19.8. The number of benzene rings is 2. The van der Waals surface area contributed by atoms with E-state index in [1.807, 2.05) is 48.5 Å². The molecule has 0 atom stereocenters. The molecule has 5 nitrogen and oxygen atoms in total. The molecule has 0 aliphatic rings. The van der Waals surface area contributed by atoms with Crippen LogP contribution in [0.15, 0.2) is 53.4 Å². The van der Waals surface area contributed by atoms with E-state index in [2.05, 4.69) is 24.1 Å². The summed E-state index contributed by atoms with van der Waals surface area (Å²) in [4.78, 5) is 26.6. The molecule has 26 heavy (non-hydrogen) atoms. The molecule has 0 unspecified atom stereocenters. The van der Waals surface area contributed by atoms with E-state index in [1.54, 1.807) is 0 Å². The van der Waals surface area contributed by atoms with Crippen molar-refractivity contribution in [1.82, 2.24) is 0 Å². The summed E-state index contributed by atoms with van der Waals surface area (Å²) in [5.41, 5.74) is 7.59. The number of amides is 2. The lowest BCUT2D eigenvalue weighted by atomic mass is 10.1. The van der Waals surface area contributed by atoms with Crippen molar-refractivity contribution in [2.24, 2.45) is 5.73 Å². The highest BCUT2D eigenvalue weighted by molar-refractivity contribution is 8.00. The molecule has 0 radical (unpaired) electrons. The van der Waals surface area contributed by atoms with E-state index >= 15 is 0 Å². The Bertz CT molecular complexity index is 747. The number of nitrogens with zero attached hydrogens (tertiary/aromatic N) is 1. The lowest BCUT2D eigenvalue weighted by Crippen LogP contribution is -2.23. The third kappa shape index (κ3) is 5.52. The van der Waals surface area contributed by atoms with Crippen LogP contribution in [0.2, 0.25) is 0 Å². The highest BCUT2D eigenvalue weighted by atomic mass is 32.2. The third-order valence-corrected chi connectivity index (χ3v) is 4.97. The molecule has 6 heteroatoms. The Morgan fingerprint density at radius 2 is 1.77 bits per heavy atom. The first-order valence-electron chi connectivity index (χ1n) is 8.71. The molecule has 0 saturated carbocycles. The molecule has 0 bridgehead atoms. The number of carbonyl (C=O) groups excluding carboxylic acids is 2. The lowest BCUT2D eigenvalue weighted by Gasteiger charge is -2.22. The average Bonchev–Trinajstić information content (AvgIpc) is 2.65. The van der Waals surface area contributed by atoms with Gasteiger partial charge in [-0.05, 0) is 49.7 Å². The molecule has 0 heterocycles. The second-order valence-electron chi connectivity index (χ2n) is 5.83. The summed E-state index contributed by atoms with van der Waals surface area (Å²) in [6, 6.07) is 15.0. The van der Waals surface area contributed by atoms with Gasteiger partial charge in [-0.1, -0.05) is 19.1 Å². The molecular formula is C20H25N3O2S. The molecule has 3 N–H and O–H groups in total. The summed E-state index contributed by atoms with van der Waals surface area (Å²) in [6.07, 6.45) is 1.08. The maximum Gasteiger partial charge on any atom is 0.255 e. The van der Waals surface area contributed by atoms with Gasteiger partial charge in [0.05, 0.1) is 11.4 Å². The van der Waals surface area contributed by atoms with Crippen LogP contribution in [0.5, 0.6) is 0 Å². The van der Waals surface area contributed by atoms with Crippen molar-refractivity contribution in [1.29, 1.82) is 0 Å². The fourth-order valence-corrected chi connectivity index (χ4v) is 3.35. The van der Waals surface area contributed by atoms with Crippen LogP contribution in [0, 0.1) is 0 Å². The monoisotopic (exact) mass is 371 g/mol. The zero-order chi connectivity index (χ0) is 18.9. The Morgan fingerprint density at radius 1 is 1.08 bits per heavy atom. The zero-order valence-electron chi connectivity index (χ0n) is 15.2. The van der Waals surface area contributed by atoms with Gasteiger partial charge >= 0.3 is 0 Å². The van der Waals surface area contributed by atoms with Crippen LogP contribution in [0.25, 0.3) is 0 Å². The van der Waals surface area contributed by atoms with Gasteiger partial charge in [-0.15, -0.1) is 11.8 Å². The normalized spacial score (nSPS) is 10.4. The fourth-order valence-electron chi connectivity index (χ4n) is 2.60. The SMILES string of the molecule is CCCN(CC)c1ccc(C(=O)Nc2ccccc2SCC(N)=O)cc1. The quantitative estimate of drug-likeness (QED) is 0.658. The molecule has 0 aliphatic heterocycles. The van der Waals surface area contributed by atoms with Gasteiger partial charge in [-0.3, -0.25) is 9.59 Å². The molecule has 138 valence electrons. The van der Waals surface area contributed by atoms with Gasteiger partial charge in [-0.25, -0.2) is 0 Å². The molecule has 2 rings (SSSR count). The van der Waals surface area contributed by atoms with E-state index in [-0.39, 0.29) is 17.6 Å². The molecule has 0 saturated heterocycles. The number of para-hydroxylation sites is 1. The van der Waals surface area contributed by atoms with Gasteiger partial charge in [-0.2, -0.15) is 0 Å². The van der Waals surface area contributed by atoms with Crippen molar-refractivity contribution < 1.29 is 9.59 Å². The maximum atomic E-state index is 12.6. The predicted molar refractivity (Wildman–Crippen MR) is 109 cm³/mol. The number of primary amides is 1. The van der Waals surface area contributed by atoms with Crippen LogP contribution >= 0.6 is 11.8 Å². The number of hydrogen-bond acceptors (Lipinski definition) is 4. The second-order valence-corrected chi connectivity index (χ2v) is 6.85. The third-order valence-electron chi connectivity index (χ3n) is 3.88. The van der Waals surface area contributed by atoms with Gasteiger partial charge in [0, 0.05) is 29.2 Å². The first-order chi connectivity index (χ1) is 12.5. The Hall–Kier alpha value is -2.47. The minimum Gasteiger partial charge on any atom is -0.372 e. The van der Waals surface area contributed by atoms with Crippen LogP contribution in [-0.4, -0.2) is 30.7 Å². The van der Waals surface area contributed by atoms with Crippen LogP contribution < -0.4 is 16.0 Å². The van der Waals surface area contributed by atoms with Crippen LogP contribution in [0.1, 0.15) is 30.6 Å². The number of rotatable bonds is 9. The van der Waals surface area contributed by atoms with E-state index < -0.39 is 0 Å². The summed E-state index contributed by atoms with van der Waals surface area (Å²) < 4.78 is 0. The summed E-state index contributed by atoms with van der Waals surface area (Å²) in [5.74, 6) is -0.396. The standard InChI is InChI=1S/C20H25N3O2S/c1-3-13-23(4-2)16-11-9-15(10-12-16)20(25)22-17-7-5-6-8-18(17)26-14-19(21)24/h5-12H,3-4,13-14H2,1-2H3,(H2,21,24)(H,22,25). The predicted octanol–water partition coefficient (Wildman–Crippen LogP) is 3.75. The van der Waals surface area contributed by atoms with Crippen molar-refractivity contribution in [2.75, 3.05) is 29.1 Å². The Morgan fingerprint density at radius 3 is 2.38 bits per heavy atom. The topological polar surface area (TPSA) is 75.4 Å². The molecule has 0 aliphatic carbocycles. The van der Waals surface area contributed by atoms with E-state index in [1.165, 1.54) is 11.8 Å². The summed E-state index contributed by atoms with van der Waals surface area (Å²) in [7, 11) is 0. The maximum absolute atomic E-state index is 12.6. The molecule has 2 amide bonds. The molecule has 2 aromatic rings. The van der Waals surface area contributed by atoms with Gasteiger partial charge < -0.3 is 16.0 Å². The van der Waals surface area contributed by atoms with E-state index in [0.717, 1.165) is 30.1 Å². The number of anilines is 2. The largest absolute Gasteiger partial charge is 0.372 e. The summed E-state index contributed by atoms with van der Waals surface area (Å²) >= 11 is 1.31. The zero-order valence-corrected chi connectivity index (χ0v) is 16.0. The Labute approximate surface area is 159 Å². The molecular weight excluding hydrogens is 346 g/mol. The van der Waals surface area contributed by atoms with E-state index in [9.17, 15) is 9.59 Å². The van der Waals surface area contributed by atoms with E-state index in [0.29, 0.717) is 11.3 Å². The van der Waals surface area contributed by atoms with Crippen LogP contribution in [0.3, 0.4) is 0 Å². The highest BCUT2D eigenvalue weighted by Crippen LogP contribution is 2.27. The molecule has 0 fully saturated rings. The number of hydrogen-bond donors (Lipinski definition) is 2. The molecule has 2 aromatic carbocycles. The second kappa shape index (κ2) is 9.87. The number of carbonyl (C=O) groups is 2. The van der Waals surface area contributed by atoms with Gasteiger partial charge in [0.2, 0.25) is 5.91 Å². The van der Waals surface area contributed by atoms with Gasteiger partial charge in [0.15, 0.2) is 0 Å². The first-order valence-corrected chi connectivity index (χ1v) is 9.70. The Kier molecular flexibility index (Phi) is 7.53. The number of nitrogens with one attached hydrogen (secondary N) is 1. The van der Waals surface area contributed by atoms with Crippen molar-refractivity contribution in [3.8, 4) is 0 Å². The fraction of sp³-hybridized carbons (Fsp3) is 0.300. The Balaban J connectivity index is 2.09. The minimum absolute atomic E-state index is 0.172. The van der Waals surface area contributed by atoms with Crippen molar-refractivity contribution in [3.05, 3.63) is 54.1 Å². The molecule has 0 spiro atoms. The summed E-state index contributed by atoms with van der Waals surface area (Å²) in [5, 5.41) is 2.91. The number of nitrogens with two attached hydrogens (primary N) is 1. The summed E-state index contributed by atoms with van der Waals surface area (Å²) in [6.45, 7) is 6.20. The van der Waals surface area contributed by atoms with Gasteiger partial charge in [0.1, 0.15) is 0 Å². The lowest BCUT2D eigenvalue weighted by molar-refractivity contribution is -0.115. The minimum atomic E-state index is -0.390. The van der Waals surface area contributed by atoms with Crippen LogP contribution in [-0.2, 0) is 4.79 Å². The van der Waals surface area contributed by atoms with Gasteiger partial charge in [0.25, 0.3) is 5.91 Å². The number of thioether (sulfide) groups is 1. The van der Waals surface area contributed by atoms with E-state index in [4.69, 9.17) is 5.73 Å². The molecule has 0 aromatic heterocycles. The van der Waals surface area contributed by atoms with Crippen LogP contribution in [0.4, 0.5) is 11.4 Å².